The van der Waals surface area contributed by atoms with Crippen LogP contribution in [0.1, 0.15) is 23.5 Å². The number of nitrogens with zero attached hydrogens (tertiary/aromatic N) is 2. The molecule has 0 radical (unpaired) electrons. The van der Waals surface area contributed by atoms with E-state index in [-0.39, 0.29) is 12.4 Å². The molecule has 12 heteroatoms. The predicted molar refractivity (Wildman–Crippen MR) is 120 cm³/mol. The molecule has 4 atom stereocenters. The van der Waals surface area contributed by atoms with Gasteiger partial charge >= 0.3 is 157 Å². The van der Waals surface area contributed by atoms with Crippen molar-refractivity contribution >= 4 is 50.3 Å². The number of aliphatic hydroxyl groups is 1. The van der Waals surface area contributed by atoms with Crippen molar-refractivity contribution in [3.8, 4) is 0 Å². The molecule has 1 aromatic carbocycles. The maximum atomic E-state index is 12.6. The Morgan fingerprint density at radius 2 is 2.31 bits per heavy atom. The Balaban J connectivity index is 1.54. The van der Waals surface area contributed by atoms with Gasteiger partial charge in [0.15, 0.2) is 0 Å². The van der Waals surface area contributed by atoms with E-state index < -0.39 is 40.5 Å². The van der Waals surface area contributed by atoms with Gasteiger partial charge in [0.1, 0.15) is 0 Å². The van der Waals surface area contributed by atoms with E-state index in [1.807, 2.05) is 0 Å². The van der Waals surface area contributed by atoms with Crippen LogP contribution in [-0.4, -0.2) is 47.5 Å². The molecule has 2 aliphatic heterocycles. The first kappa shape index (κ1) is 18.7. The van der Waals surface area contributed by atoms with Crippen LogP contribution >= 0.6 is 38.6 Å². The van der Waals surface area contributed by atoms with Crippen molar-refractivity contribution in [1.29, 1.82) is 2.56 Å². The number of hydrogen-bond acceptors (Lipinski definition) is 8. The SMILES string of the molecule is [2H]P1([3H])(I)OC[C@H]2O[C@@H](n3ccc(NC(=O)c4ccccc4)nc3=O)[C@@](C)(O)[C@H]2OS1. The maximum absolute atomic E-state index is 12.6. The number of ether oxygens (including phenoxy) is 1. The Bertz CT molecular complexity index is 1070. The molecule has 0 unspecified atom stereocenters. The number of anilines is 1. The number of aromatic nitrogens is 2. The third kappa shape index (κ3) is 4.36. The minimum absolute atomic E-state index is 0.0581. The number of benzene rings is 1. The molecule has 1 amide bonds. The normalized spacial score (nSPS) is 35.1. The Kier molecular flexibility index (Phi) is 5.52. The molecule has 0 saturated carbocycles. The van der Waals surface area contributed by atoms with Crippen LogP contribution in [0.5, 0.6) is 0 Å². The van der Waals surface area contributed by atoms with Crippen LogP contribution in [-0.2, 0) is 13.4 Å². The van der Waals surface area contributed by atoms with Gasteiger partial charge in [0.2, 0.25) is 0 Å². The monoisotopic (exact) mass is 554 g/mol. The molecule has 2 saturated heterocycles. The summed E-state index contributed by atoms with van der Waals surface area (Å²) in [6.45, 7) is 1.31. The van der Waals surface area contributed by atoms with Gasteiger partial charge in [-0.25, -0.2) is 0 Å². The summed E-state index contributed by atoms with van der Waals surface area (Å²) in [5, 5.41) is 13.6. The number of hydrogen-bond donors (Lipinski definition) is 2. The van der Waals surface area contributed by atoms with Crippen LogP contribution in [0.25, 0.3) is 0 Å². The molecule has 9 nitrogen and oxygen atoms in total. The van der Waals surface area contributed by atoms with Gasteiger partial charge in [-0.2, -0.15) is 0 Å². The number of carbonyl (C=O) groups excluding carboxylic acids is 1. The van der Waals surface area contributed by atoms with Gasteiger partial charge in [-0.3, -0.25) is 0 Å². The Labute approximate surface area is 187 Å². The molecule has 0 spiro atoms. The topological polar surface area (TPSA) is 112 Å². The van der Waals surface area contributed by atoms with Crippen molar-refractivity contribution in [1.82, 2.24) is 9.55 Å². The van der Waals surface area contributed by atoms with Gasteiger partial charge in [-0.1, -0.05) is 18.2 Å². The molecule has 0 aliphatic carbocycles. The van der Waals surface area contributed by atoms with Crippen molar-refractivity contribution in [2.24, 2.45) is 0 Å². The summed E-state index contributed by atoms with van der Waals surface area (Å²) >= 11 is 2.17. The van der Waals surface area contributed by atoms with Crippen molar-refractivity contribution in [2.75, 3.05) is 11.9 Å². The van der Waals surface area contributed by atoms with Crippen molar-refractivity contribution in [3.63, 3.8) is 0 Å². The van der Waals surface area contributed by atoms with Gasteiger partial charge < -0.3 is 0 Å². The van der Waals surface area contributed by atoms with Gasteiger partial charge in [-0.15, -0.1) is 0 Å². The van der Waals surface area contributed by atoms with E-state index in [4.69, 9.17) is 16.0 Å². The fourth-order valence-corrected chi connectivity index (χ4v) is 6.09. The third-order valence-electron chi connectivity index (χ3n) is 4.62. The summed E-state index contributed by atoms with van der Waals surface area (Å²) in [5.41, 5.74) is -1.99. The average Bonchev–Trinajstić information content (AvgIpc) is 2.86. The number of nitrogens with one attached hydrogen (secondary N) is 1. The minimum atomic E-state index is -4.05. The molecule has 1 aromatic heterocycles. The Morgan fingerprint density at radius 1 is 1.55 bits per heavy atom. The van der Waals surface area contributed by atoms with E-state index in [1.54, 1.807) is 52.4 Å². The first-order valence-corrected chi connectivity index (χ1v) is 14.0. The third-order valence-corrected chi connectivity index (χ3v) is 8.59. The van der Waals surface area contributed by atoms with E-state index >= 15 is 0 Å². The second kappa shape index (κ2) is 8.58. The van der Waals surface area contributed by atoms with Gasteiger partial charge in [0.25, 0.3) is 0 Å². The zero-order valence-electron chi connectivity index (χ0n) is 17.1. The number of halogens is 1. The average molecular weight is 554 g/mol. The first-order valence-electron chi connectivity index (χ1n) is 9.51. The van der Waals surface area contributed by atoms with Crippen LogP contribution in [0.15, 0.2) is 47.4 Å². The van der Waals surface area contributed by atoms with Crippen LogP contribution in [0.2, 0.25) is 0 Å². The predicted octanol–water partition coefficient (Wildman–Crippen LogP) is 2.33. The Hall–Kier alpha value is -1.08. The van der Waals surface area contributed by atoms with Gasteiger partial charge in [0.05, 0.1) is 0 Å². The molecule has 4 rings (SSSR count). The van der Waals surface area contributed by atoms with E-state index in [0.717, 1.165) is 4.57 Å². The van der Waals surface area contributed by atoms with Crippen LogP contribution in [0.3, 0.4) is 0 Å². The van der Waals surface area contributed by atoms with Gasteiger partial charge in [0, 0.05) is 0 Å². The molecule has 2 N–H and O–H groups in total. The number of fused-ring (bicyclic) bond motifs is 1. The molecular formula is C17H19IN3O6PS. The fourth-order valence-electron chi connectivity index (χ4n) is 3.20. The molecule has 2 fully saturated rings. The quantitative estimate of drug-likeness (QED) is 0.338. The fraction of sp³-hybridized carbons (Fsp3) is 0.353. The summed E-state index contributed by atoms with van der Waals surface area (Å²) in [6, 6.07) is 9.92. The van der Waals surface area contributed by atoms with Gasteiger partial charge in [-0.05, 0) is 12.1 Å². The van der Waals surface area contributed by atoms with Crippen LogP contribution < -0.4 is 11.0 Å². The molecule has 156 valence electrons. The molecular weight excluding hydrogens is 532 g/mol. The number of rotatable bonds is 3. The number of carbonyl (C=O) groups is 1. The molecule has 29 heavy (non-hydrogen) atoms. The van der Waals surface area contributed by atoms with Crippen molar-refractivity contribution in [3.05, 3.63) is 58.6 Å². The standard InChI is InChI=1S/C17H19IN3O6PS/c1-17(24)13-11(9-25-28(18)29-27-13)26-15(17)21-8-7-12(20-16(21)23)19-14(22)10-5-3-2-4-6-10/h2-8,11,13,15,24H,9,28H2,1H3,(H,19,20,22,23)/t11-,13+,15-,17+/m1/s1/i28TD. The van der Waals surface area contributed by atoms with Crippen LogP contribution in [0, 0.1) is 0 Å². The van der Waals surface area contributed by atoms with Crippen molar-refractivity contribution < 1.29 is 23.3 Å². The summed E-state index contributed by atoms with van der Waals surface area (Å²) in [4.78, 5) is 24.7. The summed E-state index contributed by atoms with van der Waals surface area (Å²) in [5.74, 6) is -0.354. The second-order valence-corrected chi connectivity index (χ2v) is 13.7. The van der Waals surface area contributed by atoms with E-state index in [0.29, 0.717) is 17.2 Å². The molecule has 2 aromatic rings. The van der Waals surface area contributed by atoms with E-state index in [1.165, 1.54) is 19.2 Å². The Morgan fingerprint density at radius 3 is 3.03 bits per heavy atom. The van der Waals surface area contributed by atoms with Crippen LogP contribution in [0.4, 0.5) is 5.82 Å². The zero-order valence-corrected chi connectivity index (χ0v) is 19.0. The van der Waals surface area contributed by atoms with E-state index in [9.17, 15) is 14.7 Å². The van der Waals surface area contributed by atoms with Crippen molar-refractivity contribution in [2.45, 2.75) is 31.0 Å². The molecule has 0 bridgehead atoms. The summed E-state index contributed by atoms with van der Waals surface area (Å²) in [6.07, 6.45) is -1.49. The first-order chi connectivity index (χ1) is 14.4. The summed E-state index contributed by atoms with van der Waals surface area (Å²) in [7, 11) is 0. The second-order valence-electron chi connectivity index (χ2n) is 6.68. The zero-order chi connectivity index (χ0) is 22.5. The van der Waals surface area contributed by atoms with E-state index in [2.05, 4.69) is 10.3 Å². The number of amides is 1. The summed E-state index contributed by atoms with van der Waals surface area (Å²) < 4.78 is 34.1. The molecule has 2 aliphatic rings. The molecule has 3 heterocycles.